The number of nitrogens with zero attached hydrogens (tertiary/aromatic N) is 4. The van der Waals surface area contributed by atoms with Crippen LogP contribution >= 0.6 is 0 Å². The van der Waals surface area contributed by atoms with Crippen molar-refractivity contribution in [2.75, 3.05) is 51.1 Å². The van der Waals surface area contributed by atoms with E-state index in [9.17, 15) is 0 Å². The van der Waals surface area contributed by atoms with Crippen molar-refractivity contribution in [3.8, 4) is 6.07 Å². The lowest BCUT2D eigenvalue weighted by atomic mass is 10.1. The highest BCUT2D eigenvalue weighted by Crippen LogP contribution is 2.13. The largest absolute Gasteiger partial charge is 0.369 e. The predicted octanol–water partition coefficient (Wildman–Crippen LogP) is 1.95. The molecule has 0 amide bonds. The minimum atomic E-state index is 0.530. The number of piperazine rings is 1. The molecule has 0 bridgehead atoms. The minimum absolute atomic E-state index is 0.530. The van der Waals surface area contributed by atoms with Gasteiger partial charge in [0.1, 0.15) is 11.9 Å². The maximum atomic E-state index is 9.14. The number of hydrogen-bond donors (Lipinski definition) is 1. The van der Waals surface area contributed by atoms with Gasteiger partial charge in [0, 0.05) is 45.0 Å². The van der Waals surface area contributed by atoms with Crippen molar-refractivity contribution in [1.29, 1.82) is 5.26 Å². The number of nitrogens with one attached hydrogen (secondary N) is 1. The van der Waals surface area contributed by atoms with Gasteiger partial charge in [-0.05, 0) is 31.5 Å². The number of pyridine rings is 1. The zero-order valence-corrected chi connectivity index (χ0v) is 14.0. The fraction of sp³-hybridized carbons (Fsp3) is 0.647. The maximum Gasteiger partial charge on any atom is 0.144 e. The number of likely N-dealkylation sites (N-methyl/N-ethyl adjacent to an activating group) is 1. The van der Waals surface area contributed by atoms with Gasteiger partial charge < -0.3 is 15.1 Å². The van der Waals surface area contributed by atoms with Crippen molar-refractivity contribution >= 4 is 5.82 Å². The Balaban J connectivity index is 1.80. The molecule has 1 fully saturated rings. The van der Waals surface area contributed by atoms with Gasteiger partial charge in [-0.1, -0.05) is 13.8 Å². The van der Waals surface area contributed by atoms with Gasteiger partial charge in [-0.3, -0.25) is 0 Å². The van der Waals surface area contributed by atoms with Gasteiger partial charge in [0.2, 0.25) is 0 Å². The maximum absolute atomic E-state index is 9.14. The molecule has 1 aromatic rings. The molecule has 5 nitrogen and oxygen atoms in total. The van der Waals surface area contributed by atoms with Crippen LogP contribution in [0.1, 0.15) is 25.1 Å². The summed E-state index contributed by atoms with van der Waals surface area (Å²) in [6.07, 6.45) is 0. The molecule has 1 N–H and O–H groups in total. The molecule has 0 spiro atoms. The highest BCUT2D eigenvalue weighted by Gasteiger charge is 2.17. The molecule has 1 aliphatic rings. The molecule has 0 aliphatic carbocycles. The second-order valence-corrected chi connectivity index (χ2v) is 6.18. The predicted molar refractivity (Wildman–Crippen MR) is 89.9 cm³/mol. The summed E-state index contributed by atoms with van der Waals surface area (Å²) < 4.78 is 0. The highest BCUT2D eigenvalue weighted by atomic mass is 15.3. The number of hydrogen-bond acceptors (Lipinski definition) is 5. The number of nitriles is 1. The van der Waals surface area contributed by atoms with E-state index in [-0.39, 0.29) is 0 Å². The van der Waals surface area contributed by atoms with Gasteiger partial charge in [-0.15, -0.1) is 0 Å². The van der Waals surface area contributed by atoms with Gasteiger partial charge in [-0.25, -0.2) is 4.98 Å². The van der Waals surface area contributed by atoms with Gasteiger partial charge in [-0.2, -0.15) is 5.26 Å². The molecule has 0 radical (unpaired) electrons. The van der Waals surface area contributed by atoms with Gasteiger partial charge >= 0.3 is 0 Å². The summed E-state index contributed by atoms with van der Waals surface area (Å²) in [5.41, 5.74) is 1.55. The summed E-state index contributed by atoms with van der Waals surface area (Å²) in [6.45, 7) is 14.2. The molecule has 1 unspecified atom stereocenters. The van der Waals surface area contributed by atoms with Crippen molar-refractivity contribution < 1.29 is 0 Å². The molecule has 2 heterocycles. The normalized spacial score (nSPS) is 17.9. The summed E-state index contributed by atoms with van der Waals surface area (Å²) in [4.78, 5) is 9.46. The topological polar surface area (TPSA) is 55.2 Å². The summed E-state index contributed by atoms with van der Waals surface area (Å²) in [6, 6.07) is 5.91. The van der Waals surface area contributed by atoms with Crippen LogP contribution < -0.4 is 5.32 Å². The van der Waals surface area contributed by atoms with Gasteiger partial charge in [0.15, 0.2) is 0 Å². The van der Waals surface area contributed by atoms with E-state index in [2.05, 4.69) is 40.0 Å². The van der Waals surface area contributed by atoms with E-state index in [1.807, 2.05) is 19.1 Å². The number of rotatable bonds is 6. The number of anilines is 1. The average molecular weight is 301 g/mol. The monoisotopic (exact) mass is 301 g/mol. The molecule has 22 heavy (non-hydrogen) atoms. The Morgan fingerprint density at radius 3 is 2.59 bits per heavy atom. The third-order valence-electron chi connectivity index (χ3n) is 4.25. The van der Waals surface area contributed by atoms with E-state index in [1.54, 1.807) is 0 Å². The lowest BCUT2D eigenvalue weighted by molar-refractivity contribution is 0.126. The quantitative estimate of drug-likeness (QED) is 0.870. The minimum Gasteiger partial charge on any atom is -0.369 e. The zero-order chi connectivity index (χ0) is 15.9. The fourth-order valence-electron chi connectivity index (χ4n) is 2.85. The Morgan fingerprint density at radius 2 is 1.95 bits per heavy atom. The van der Waals surface area contributed by atoms with E-state index in [1.165, 1.54) is 13.1 Å². The van der Waals surface area contributed by atoms with Crippen LogP contribution in [-0.2, 0) is 0 Å². The molecular formula is C17H27N5. The van der Waals surface area contributed by atoms with Crippen molar-refractivity contribution in [2.45, 2.75) is 20.8 Å². The van der Waals surface area contributed by atoms with Crippen LogP contribution in [0.25, 0.3) is 0 Å². The molecule has 1 aliphatic heterocycles. The van der Waals surface area contributed by atoms with Crippen molar-refractivity contribution in [3.05, 3.63) is 23.4 Å². The first-order chi connectivity index (χ1) is 10.6. The smallest absolute Gasteiger partial charge is 0.144 e. The molecule has 2 rings (SSSR count). The van der Waals surface area contributed by atoms with E-state index in [4.69, 9.17) is 5.26 Å². The van der Waals surface area contributed by atoms with Crippen LogP contribution in [0.2, 0.25) is 0 Å². The summed E-state index contributed by atoms with van der Waals surface area (Å²) >= 11 is 0. The summed E-state index contributed by atoms with van der Waals surface area (Å²) in [5, 5.41) is 12.5. The van der Waals surface area contributed by atoms with Crippen molar-refractivity contribution in [1.82, 2.24) is 14.8 Å². The second kappa shape index (κ2) is 8.11. The first-order valence-electron chi connectivity index (χ1n) is 8.18. The Kier molecular flexibility index (Phi) is 6.17. The van der Waals surface area contributed by atoms with Gasteiger partial charge in [0.05, 0.1) is 5.56 Å². The lowest BCUT2D eigenvalue weighted by Crippen LogP contribution is -2.47. The Morgan fingerprint density at radius 1 is 1.27 bits per heavy atom. The van der Waals surface area contributed by atoms with Crippen molar-refractivity contribution in [3.63, 3.8) is 0 Å². The molecule has 5 heteroatoms. The van der Waals surface area contributed by atoms with Crippen LogP contribution in [0, 0.1) is 24.2 Å². The molecule has 1 saturated heterocycles. The molecular weight excluding hydrogens is 274 g/mol. The number of aryl methyl sites for hydroxylation is 1. The van der Waals surface area contributed by atoms with Gasteiger partial charge in [0.25, 0.3) is 0 Å². The SMILES string of the molecule is CCN1CCN(CC(C)CNc2nc(C)ccc2C#N)CC1. The van der Waals surface area contributed by atoms with E-state index < -0.39 is 0 Å². The van der Waals surface area contributed by atoms with E-state index >= 15 is 0 Å². The third kappa shape index (κ3) is 4.69. The van der Waals surface area contributed by atoms with Crippen LogP contribution in [0.3, 0.4) is 0 Å². The molecule has 1 atom stereocenters. The summed E-state index contributed by atoms with van der Waals surface area (Å²) in [5.74, 6) is 1.24. The van der Waals surface area contributed by atoms with Crippen LogP contribution in [0.5, 0.6) is 0 Å². The zero-order valence-electron chi connectivity index (χ0n) is 14.0. The standard InChI is InChI=1S/C17H27N5/c1-4-21-7-9-22(10-8-21)13-14(2)12-19-17-16(11-18)6-5-15(3)20-17/h5-6,14H,4,7-10,12-13H2,1-3H3,(H,19,20). The fourth-order valence-corrected chi connectivity index (χ4v) is 2.85. The molecule has 0 saturated carbocycles. The number of aromatic nitrogens is 1. The van der Waals surface area contributed by atoms with E-state index in [0.29, 0.717) is 17.3 Å². The first kappa shape index (κ1) is 16.7. The highest BCUT2D eigenvalue weighted by molar-refractivity contribution is 5.52. The Hall–Kier alpha value is -1.64. The molecule has 0 aromatic carbocycles. The Labute approximate surface area is 133 Å². The molecule has 120 valence electrons. The van der Waals surface area contributed by atoms with E-state index in [0.717, 1.165) is 38.4 Å². The van der Waals surface area contributed by atoms with Crippen LogP contribution in [0.15, 0.2) is 12.1 Å². The van der Waals surface area contributed by atoms with Crippen LogP contribution in [0.4, 0.5) is 5.82 Å². The van der Waals surface area contributed by atoms with Crippen molar-refractivity contribution in [2.24, 2.45) is 5.92 Å². The molecule has 1 aromatic heterocycles. The van der Waals surface area contributed by atoms with Crippen LogP contribution in [-0.4, -0.2) is 60.6 Å². The Bertz CT molecular complexity index is 514. The first-order valence-corrected chi connectivity index (χ1v) is 8.18. The average Bonchev–Trinajstić information content (AvgIpc) is 2.54. The summed E-state index contributed by atoms with van der Waals surface area (Å²) in [7, 11) is 0. The lowest BCUT2D eigenvalue weighted by Gasteiger charge is -2.35. The third-order valence-corrected chi connectivity index (χ3v) is 4.25. The second-order valence-electron chi connectivity index (χ2n) is 6.18.